The molecule has 0 saturated heterocycles. The lowest BCUT2D eigenvalue weighted by Gasteiger charge is -2.24. The summed E-state index contributed by atoms with van der Waals surface area (Å²) >= 11 is 3.36. The van der Waals surface area contributed by atoms with E-state index in [2.05, 4.69) is 21.2 Å². The Bertz CT molecular complexity index is 432. The summed E-state index contributed by atoms with van der Waals surface area (Å²) in [5.41, 5.74) is 0.572. The summed E-state index contributed by atoms with van der Waals surface area (Å²) < 4.78 is 13.5. The summed E-state index contributed by atoms with van der Waals surface area (Å²) in [6.45, 7) is 0. The smallest absolute Gasteiger partial charge is 0.234 e. The molecular weight excluding hydrogens is 309 g/mol. The Morgan fingerprint density at radius 1 is 1.32 bits per heavy atom. The standard InChI is InChI=1S/C15H19BrFNO/c16-13(10-11-6-4-5-9-14(11)17)15(19)18-12-7-2-1-3-8-12/h4-6,9,12-13H,1-3,7-8,10H2,(H,18,19). The fourth-order valence-corrected chi connectivity index (χ4v) is 2.97. The third-order valence-corrected chi connectivity index (χ3v) is 4.33. The van der Waals surface area contributed by atoms with Crippen LogP contribution in [0.2, 0.25) is 0 Å². The van der Waals surface area contributed by atoms with Crippen molar-refractivity contribution in [3.05, 3.63) is 35.6 Å². The molecule has 0 radical (unpaired) electrons. The number of benzene rings is 1. The second-order valence-corrected chi connectivity index (χ2v) is 6.21. The topological polar surface area (TPSA) is 29.1 Å². The molecule has 19 heavy (non-hydrogen) atoms. The van der Waals surface area contributed by atoms with E-state index in [0.29, 0.717) is 18.0 Å². The molecule has 4 heteroatoms. The monoisotopic (exact) mass is 327 g/mol. The molecule has 1 saturated carbocycles. The van der Waals surface area contributed by atoms with Crippen LogP contribution in [0.15, 0.2) is 24.3 Å². The summed E-state index contributed by atoms with van der Waals surface area (Å²) in [6, 6.07) is 6.88. The second-order valence-electron chi connectivity index (χ2n) is 5.11. The molecule has 0 aliphatic heterocycles. The van der Waals surface area contributed by atoms with Crippen molar-refractivity contribution in [3.8, 4) is 0 Å². The van der Waals surface area contributed by atoms with Crippen LogP contribution in [0.25, 0.3) is 0 Å². The lowest BCUT2D eigenvalue weighted by Crippen LogP contribution is -2.41. The molecule has 2 rings (SSSR count). The van der Waals surface area contributed by atoms with Gasteiger partial charge in [0, 0.05) is 6.04 Å². The van der Waals surface area contributed by atoms with Crippen molar-refractivity contribution in [2.75, 3.05) is 0 Å². The van der Waals surface area contributed by atoms with Gasteiger partial charge in [0.25, 0.3) is 0 Å². The van der Waals surface area contributed by atoms with Crippen LogP contribution < -0.4 is 5.32 Å². The molecule has 1 unspecified atom stereocenters. The van der Waals surface area contributed by atoms with Gasteiger partial charge in [-0.25, -0.2) is 4.39 Å². The van der Waals surface area contributed by atoms with Gasteiger partial charge in [0.1, 0.15) is 5.82 Å². The minimum Gasteiger partial charge on any atom is -0.352 e. The van der Waals surface area contributed by atoms with Gasteiger partial charge in [-0.15, -0.1) is 0 Å². The average molecular weight is 328 g/mol. The normalized spacial score (nSPS) is 18.0. The zero-order chi connectivity index (χ0) is 13.7. The van der Waals surface area contributed by atoms with Crippen molar-refractivity contribution in [2.24, 2.45) is 0 Å². The quantitative estimate of drug-likeness (QED) is 0.841. The minimum absolute atomic E-state index is 0.0323. The molecule has 0 aromatic heterocycles. The van der Waals surface area contributed by atoms with Crippen molar-refractivity contribution in [2.45, 2.75) is 49.4 Å². The molecule has 1 aromatic rings. The van der Waals surface area contributed by atoms with Gasteiger partial charge in [0.05, 0.1) is 4.83 Å². The van der Waals surface area contributed by atoms with Gasteiger partial charge in [-0.05, 0) is 30.9 Å². The number of carbonyl (C=O) groups excluding carboxylic acids is 1. The predicted molar refractivity (Wildman–Crippen MR) is 77.8 cm³/mol. The highest BCUT2D eigenvalue weighted by Crippen LogP contribution is 2.19. The number of amides is 1. The van der Waals surface area contributed by atoms with Gasteiger partial charge >= 0.3 is 0 Å². The molecule has 1 atom stereocenters. The van der Waals surface area contributed by atoms with E-state index in [0.717, 1.165) is 12.8 Å². The molecule has 1 aromatic carbocycles. The van der Waals surface area contributed by atoms with E-state index < -0.39 is 0 Å². The third-order valence-electron chi connectivity index (χ3n) is 3.59. The van der Waals surface area contributed by atoms with E-state index in [9.17, 15) is 9.18 Å². The second kappa shape index (κ2) is 7.04. The van der Waals surface area contributed by atoms with E-state index in [1.807, 2.05) is 0 Å². The number of rotatable bonds is 4. The number of hydrogen-bond donors (Lipinski definition) is 1. The van der Waals surface area contributed by atoms with Gasteiger partial charge < -0.3 is 5.32 Å². The van der Waals surface area contributed by atoms with Crippen molar-refractivity contribution >= 4 is 21.8 Å². The fraction of sp³-hybridized carbons (Fsp3) is 0.533. The predicted octanol–water partition coefficient (Wildman–Crippen LogP) is 3.58. The van der Waals surface area contributed by atoms with Crippen LogP contribution >= 0.6 is 15.9 Å². The summed E-state index contributed by atoms with van der Waals surface area (Å²) in [5.74, 6) is -0.285. The lowest BCUT2D eigenvalue weighted by atomic mass is 9.95. The molecule has 1 amide bonds. The number of halogens is 2. The van der Waals surface area contributed by atoms with E-state index in [1.165, 1.54) is 25.3 Å². The van der Waals surface area contributed by atoms with Crippen LogP contribution in [0.4, 0.5) is 4.39 Å². The highest BCUT2D eigenvalue weighted by atomic mass is 79.9. The highest BCUT2D eigenvalue weighted by Gasteiger charge is 2.21. The number of carbonyl (C=O) groups is 1. The Balaban J connectivity index is 1.87. The Morgan fingerprint density at radius 2 is 2.00 bits per heavy atom. The van der Waals surface area contributed by atoms with Crippen LogP contribution in [-0.2, 0) is 11.2 Å². The van der Waals surface area contributed by atoms with Crippen molar-refractivity contribution < 1.29 is 9.18 Å². The molecule has 1 N–H and O–H groups in total. The van der Waals surface area contributed by atoms with Crippen molar-refractivity contribution in [3.63, 3.8) is 0 Å². The molecule has 1 aliphatic carbocycles. The molecular formula is C15H19BrFNO. The number of nitrogens with one attached hydrogen (secondary N) is 1. The van der Waals surface area contributed by atoms with E-state index in [4.69, 9.17) is 0 Å². The Hall–Kier alpha value is -0.900. The molecule has 2 nitrogen and oxygen atoms in total. The Kier molecular flexibility index (Phi) is 5.37. The first-order valence-electron chi connectivity index (χ1n) is 6.84. The van der Waals surface area contributed by atoms with Gasteiger partial charge in [-0.3, -0.25) is 4.79 Å². The minimum atomic E-state index is -0.369. The maximum atomic E-state index is 13.5. The molecule has 0 spiro atoms. The van der Waals surface area contributed by atoms with E-state index in [1.54, 1.807) is 18.2 Å². The van der Waals surface area contributed by atoms with Crippen LogP contribution in [0.1, 0.15) is 37.7 Å². The third kappa shape index (κ3) is 4.30. The zero-order valence-electron chi connectivity index (χ0n) is 10.9. The number of alkyl halides is 1. The summed E-state index contributed by atoms with van der Waals surface area (Å²) in [6.07, 6.45) is 6.14. The van der Waals surface area contributed by atoms with Crippen LogP contribution in [0.5, 0.6) is 0 Å². The average Bonchev–Trinajstić information content (AvgIpc) is 2.42. The zero-order valence-corrected chi connectivity index (χ0v) is 12.5. The largest absolute Gasteiger partial charge is 0.352 e. The van der Waals surface area contributed by atoms with Crippen molar-refractivity contribution in [1.29, 1.82) is 0 Å². The molecule has 0 bridgehead atoms. The first kappa shape index (κ1) is 14.5. The van der Waals surface area contributed by atoms with Crippen LogP contribution in [0, 0.1) is 5.82 Å². The molecule has 1 fully saturated rings. The van der Waals surface area contributed by atoms with Crippen LogP contribution in [-0.4, -0.2) is 16.8 Å². The van der Waals surface area contributed by atoms with Gasteiger partial charge in [0.2, 0.25) is 5.91 Å². The highest BCUT2D eigenvalue weighted by molar-refractivity contribution is 9.10. The van der Waals surface area contributed by atoms with Gasteiger partial charge in [0.15, 0.2) is 0 Å². The first-order chi connectivity index (χ1) is 9.16. The summed E-state index contributed by atoms with van der Waals surface area (Å²) in [7, 11) is 0. The maximum Gasteiger partial charge on any atom is 0.234 e. The molecule has 1 aliphatic rings. The number of hydrogen-bond acceptors (Lipinski definition) is 1. The lowest BCUT2D eigenvalue weighted by molar-refractivity contribution is -0.121. The van der Waals surface area contributed by atoms with Gasteiger partial charge in [-0.2, -0.15) is 0 Å². The van der Waals surface area contributed by atoms with Crippen LogP contribution in [0.3, 0.4) is 0 Å². The summed E-state index contributed by atoms with van der Waals surface area (Å²) in [5, 5.41) is 3.05. The molecule has 104 valence electrons. The van der Waals surface area contributed by atoms with E-state index >= 15 is 0 Å². The Labute approximate surface area is 121 Å². The van der Waals surface area contributed by atoms with Crippen molar-refractivity contribution in [1.82, 2.24) is 5.32 Å². The van der Waals surface area contributed by atoms with E-state index in [-0.39, 0.29) is 16.6 Å². The van der Waals surface area contributed by atoms with Gasteiger partial charge in [-0.1, -0.05) is 53.4 Å². The fourth-order valence-electron chi connectivity index (χ4n) is 2.49. The molecule has 0 heterocycles. The Morgan fingerprint density at radius 3 is 2.68 bits per heavy atom. The maximum absolute atomic E-state index is 13.5. The SMILES string of the molecule is O=C(NC1CCCCC1)C(Br)Cc1ccccc1F. The summed E-state index contributed by atoms with van der Waals surface area (Å²) in [4.78, 5) is 11.7. The first-order valence-corrected chi connectivity index (χ1v) is 7.76.